The number of aliphatic hydroxyl groups is 1. The number of hydrogen-bond acceptors (Lipinski definition) is 4. The van der Waals surface area contributed by atoms with Crippen LogP contribution in [0.5, 0.6) is 0 Å². The smallest absolute Gasteiger partial charge is 0.100 e. The summed E-state index contributed by atoms with van der Waals surface area (Å²) in [6.45, 7) is 7.10. The zero-order valence-electron chi connectivity index (χ0n) is 9.73. The summed E-state index contributed by atoms with van der Waals surface area (Å²) in [5.74, 6) is 0. The Labute approximate surface area is 91.4 Å². The molecule has 2 atom stereocenters. The Kier molecular flexibility index (Phi) is 4.09. The lowest BCUT2D eigenvalue weighted by molar-refractivity contribution is -0.0684. The molecule has 1 heterocycles. The lowest BCUT2D eigenvalue weighted by Gasteiger charge is -2.27. The molecule has 15 heavy (non-hydrogen) atoms. The third-order valence-electron chi connectivity index (χ3n) is 2.50. The van der Waals surface area contributed by atoms with Crippen molar-refractivity contribution >= 4 is 0 Å². The summed E-state index contributed by atoms with van der Waals surface area (Å²) in [7, 11) is 0. The predicted octanol–water partition coefficient (Wildman–Crippen LogP) is 1.11. The average molecular weight is 212 g/mol. The highest BCUT2D eigenvalue weighted by Crippen LogP contribution is 2.21. The average Bonchev–Trinajstić information content (AvgIpc) is 2.42. The van der Waals surface area contributed by atoms with Crippen LogP contribution in [-0.2, 0) is 4.74 Å². The highest BCUT2D eigenvalue weighted by atomic mass is 16.5. The number of ether oxygens (including phenoxy) is 1. The molecule has 1 fully saturated rings. The summed E-state index contributed by atoms with van der Waals surface area (Å²) < 4.78 is 5.64. The molecule has 0 amide bonds. The minimum absolute atomic E-state index is 0.146. The van der Waals surface area contributed by atoms with Crippen molar-refractivity contribution in [2.75, 3.05) is 13.3 Å². The number of β-amino-alcohol motifs (C(OH)–C–C–N with tert-alkyl or cyclic N) is 1. The number of nitrogens with zero attached hydrogens (tertiary/aromatic N) is 2. The summed E-state index contributed by atoms with van der Waals surface area (Å²) in [4.78, 5) is 2.04. The summed E-state index contributed by atoms with van der Waals surface area (Å²) in [5.41, 5.74) is -0.176. The van der Waals surface area contributed by atoms with E-state index >= 15 is 0 Å². The topological polar surface area (TPSA) is 56.5 Å². The number of rotatable bonds is 3. The number of aliphatic hydroxyl groups excluding tert-OH is 1. The Bertz CT molecular complexity index is 242. The van der Waals surface area contributed by atoms with Gasteiger partial charge in [-0.3, -0.25) is 4.90 Å². The molecule has 4 nitrogen and oxygen atoms in total. The van der Waals surface area contributed by atoms with E-state index in [-0.39, 0.29) is 17.7 Å². The molecule has 0 aromatic heterocycles. The molecule has 1 saturated heterocycles. The molecule has 1 aliphatic rings. The third-order valence-corrected chi connectivity index (χ3v) is 2.50. The molecule has 0 aromatic rings. The van der Waals surface area contributed by atoms with Crippen molar-refractivity contribution in [2.24, 2.45) is 0 Å². The van der Waals surface area contributed by atoms with Gasteiger partial charge in [0.1, 0.15) is 6.73 Å². The van der Waals surface area contributed by atoms with Crippen molar-refractivity contribution in [3.05, 3.63) is 0 Å². The van der Waals surface area contributed by atoms with Crippen LogP contribution in [0, 0.1) is 11.3 Å². The lowest BCUT2D eigenvalue weighted by Crippen LogP contribution is -2.35. The molecule has 0 aromatic carbocycles. The van der Waals surface area contributed by atoms with Gasteiger partial charge in [-0.25, -0.2) is 0 Å². The second-order valence-corrected chi connectivity index (χ2v) is 5.06. The van der Waals surface area contributed by atoms with E-state index in [1.54, 1.807) is 0 Å². The quantitative estimate of drug-likeness (QED) is 0.761. The molecule has 0 spiro atoms. The first kappa shape index (κ1) is 12.4. The molecule has 1 N–H and O–H groups in total. The van der Waals surface area contributed by atoms with Crippen LogP contribution in [0.1, 0.15) is 33.6 Å². The first-order chi connectivity index (χ1) is 6.92. The molecular formula is C11H20N2O2. The third kappa shape index (κ3) is 4.17. The number of nitriles is 1. The summed E-state index contributed by atoms with van der Waals surface area (Å²) in [6.07, 6.45) is 0.831. The molecule has 1 aliphatic heterocycles. The van der Waals surface area contributed by atoms with Gasteiger partial charge in [-0.2, -0.15) is 5.26 Å². The van der Waals surface area contributed by atoms with Gasteiger partial charge in [-0.05, 0) is 27.2 Å². The largest absolute Gasteiger partial charge is 0.392 e. The van der Waals surface area contributed by atoms with Crippen molar-refractivity contribution < 1.29 is 9.84 Å². The van der Waals surface area contributed by atoms with Crippen LogP contribution < -0.4 is 0 Å². The molecule has 1 rings (SSSR count). The fourth-order valence-electron chi connectivity index (χ4n) is 1.71. The maximum atomic E-state index is 9.52. The Morgan fingerprint density at radius 1 is 1.53 bits per heavy atom. The van der Waals surface area contributed by atoms with Gasteiger partial charge in [-0.15, -0.1) is 0 Å². The fourth-order valence-corrected chi connectivity index (χ4v) is 1.71. The zero-order chi connectivity index (χ0) is 11.5. The SMILES string of the molecule is CC(C)(C)OCN1C[C@H](O)C[C@H]1CC#N. The van der Waals surface area contributed by atoms with E-state index in [0.29, 0.717) is 26.1 Å². The Balaban J connectivity index is 2.42. The van der Waals surface area contributed by atoms with Crippen LogP contribution in [-0.4, -0.2) is 41.0 Å². The van der Waals surface area contributed by atoms with Crippen LogP contribution in [0.15, 0.2) is 0 Å². The Morgan fingerprint density at radius 2 is 2.20 bits per heavy atom. The first-order valence-electron chi connectivity index (χ1n) is 5.35. The van der Waals surface area contributed by atoms with Gasteiger partial charge in [0.15, 0.2) is 0 Å². The minimum atomic E-state index is -0.313. The molecule has 0 saturated carbocycles. The standard InChI is InChI=1S/C11H20N2O2/c1-11(2,3)15-8-13-7-10(14)6-9(13)4-5-12/h9-10,14H,4,6-8H2,1-3H3/t9-,10-/m1/s1. The van der Waals surface area contributed by atoms with Crippen molar-refractivity contribution in [2.45, 2.75) is 51.4 Å². The molecule has 86 valence electrons. The molecule has 4 heteroatoms. The second-order valence-electron chi connectivity index (χ2n) is 5.06. The highest BCUT2D eigenvalue weighted by molar-refractivity contribution is 4.90. The Morgan fingerprint density at radius 3 is 2.73 bits per heavy atom. The Hall–Kier alpha value is -0.630. The maximum absolute atomic E-state index is 9.52. The first-order valence-corrected chi connectivity index (χ1v) is 5.35. The summed E-state index contributed by atoms with van der Waals surface area (Å²) in [6, 6.07) is 2.29. The summed E-state index contributed by atoms with van der Waals surface area (Å²) in [5, 5.41) is 18.2. The van der Waals surface area contributed by atoms with Crippen molar-refractivity contribution in [3.8, 4) is 6.07 Å². The van der Waals surface area contributed by atoms with Crippen molar-refractivity contribution in [1.82, 2.24) is 4.90 Å². The van der Waals surface area contributed by atoms with E-state index in [0.717, 1.165) is 0 Å². The van der Waals surface area contributed by atoms with Crippen LogP contribution in [0.3, 0.4) is 0 Å². The number of hydrogen-bond donors (Lipinski definition) is 1. The molecular weight excluding hydrogens is 192 g/mol. The normalized spacial score (nSPS) is 27.9. The monoisotopic (exact) mass is 212 g/mol. The zero-order valence-corrected chi connectivity index (χ0v) is 9.73. The van der Waals surface area contributed by atoms with Gasteiger partial charge in [-0.1, -0.05) is 0 Å². The van der Waals surface area contributed by atoms with Gasteiger partial charge < -0.3 is 9.84 Å². The van der Waals surface area contributed by atoms with Gasteiger partial charge >= 0.3 is 0 Å². The van der Waals surface area contributed by atoms with Gasteiger partial charge in [0, 0.05) is 12.6 Å². The number of likely N-dealkylation sites (tertiary alicyclic amines) is 1. The van der Waals surface area contributed by atoms with Gasteiger partial charge in [0.2, 0.25) is 0 Å². The van der Waals surface area contributed by atoms with Gasteiger partial charge in [0.25, 0.3) is 0 Å². The van der Waals surface area contributed by atoms with Crippen LogP contribution in [0.25, 0.3) is 0 Å². The van der Waals surface area contributed by atoms with Crippen LogP contribution in [0.2, 0.25) is 0 Å². The highest BCUT2D eigenvalue weighted by Gasteiger charge is 2.31. The molecule has 0 unspecified atom stereocenters. The van der Waals surface area contributed by atoms with E-state index in [2.05, 4.69) is 6.07 Å². The van der Waals surface area contributed by atoms with E-state index in [1.807, 2.05) is 25.7 Å². The molecule has 0 radical (unpaired) electrons. The predicted molar refractivity (Wildman–Crippen MR) is 57.1 cm³/mol. The van der Waals surface area contributed by atoms with E-state index in [1.165, 1.54) is 0 Å². The lowest BCUT2D eigenvalue weighted by atomic mass is 10.1. The van der Waals surface area contributed by atoms with Crippen LogP contribution >= 0.6 is 0 Å². The van der Waals surface area contributed by atoms with Crippen LogP contribution in [0.4, 0.5) is 0 Å². The van der Waals surface area contributed by atoms with E-state index in [4.69, 9.17) is 10.00 Å². The fraction of sp³-hybridized carbons (Fsp3) is 0.909. The van der Waals surface area contributed by atoms with E-state index < -0.39 is 0 Å². The van der Waals surface area contributed by atoms with E-state index in [9.17, 15) is 5.11 Å². The maximum Gasteiger partial charge on any atom is 0.100 e. The molecule has 0 bridgehead atoms. The minimum Gasteiger partial charge on any atom is -0.392 e. The summed E-state index contributed by atoms with van der Waals surface area (Å²) >= 11 is 0. The molecule has 0 aliphatic carbocycles. The van der Waals surface area contributed by atoms with Crippen molar-refractivity contribution in [1.29, 1.82) is 5.26 Å². The second kappa shape index (κ2) is 4.93. The van der Waals surface area contributed by atoms with Gasteiger partial charge in [0.05, 0.1) is 24.2 Å². The van der Waals surface area contributed by atoms with Crippen molar-refractivity contribution in [3.63, 3.8) is 0 Å².